The maximum Gasteiger partial charge on any atom is 0.146 e. The van der Waals surface area contributed by atoms with Gasteiger partial charge in [0.15, 0.2) is 0 Å². The molecular formula is C11H15FN2O. The van der Waals surface area contributed by atoms with Crippen molar-refractivity contribution in [3.8, 4) is 0 Å². The molecular weight excluding hydrogens is 195 g/mol. The summed E-state index contributed by atoms with van der Waals surface area (Å²) in [7, 11) is 0. The molecule has 0 bridgehead atoms. The second-order valence-electron chi connectivity index (χ2n) is 3.79. The lowest BCUT2D eigenvalue weighted by Crippen LogP contribution is -2.19. The Morgan fingerprint density at radius 3 is 2.67 bits per heavy atom. The van der Waals surface area contributed by atoms with Gasteiger partial charge < -0.3 is 4.90 Å². The first-order chi connectivity index (χ1) is 7.31. The Bertz CT molecular complexity index is 337. The molecule has 0 amide bonds. The van der Waals surface area contributed by atoms with E-state index in [1.807, 2.05) is 6.07 Å². The zero-order chi connectivity index (χ0) is 10.7. The van der Waals surface area contributed by atoms with Gasteiger partial charge in [-0.25, -0.2) is 10.3 Å². The van der Waals surface area contributed by atoms with E-state index in [0.29, 0.717) is 5.69 Å². The highest BCUT2D eigenvalue weighted by molar-refractivity contribution is 5.49. The number of nitrogens with two attached hydrogens (primary N) is 1. The molecule has 1 saturated heterocycles. The van der Waals surface area contributed by atoms with E-state index in [1.54, 1.807) is 6.07 Å². The Kier molecular flexibility index (Phi) is 3.18. The fourth-order valence-electron chi connectivity index (χ4n) is 1.95. The maximum absolute atomic E-state index is 13.7. The molecule has 1 aromatic carbocycles. The molecule has 1 aliphatic heterocycles. The van der Waals surface area contributed by atoms with Crippen LogP contribution in [0.3, 0.4) is 0 Å². The van der Waals surface area contributed by atoms with Crippen LogP contribution in [-0.2, 0) is 11.4 Å². The minimum absolute atomic E-state index is 0.188. The zero-order valence-corrected chi connectivity index (χ0v) is 8.58. The third kappa shape index (κ3) is 2.27. The van der Waals surface area contributed by atoms with Crippen molar-refractivity contribution in [2.75, 3.05) is 18.0 Å². The molecule has 0 aliphatic carbocycles. The molecule has 3 nitrogen and oxygen atoms in total. The number of benzene rings is 1. The number of nitrogens with zero attached hydrogens (tertiary/aromatic N) is 1. The normalized spacial score (nSPS) is 16.0. The fraction of sp³-hybridized carbons (Fsp3) is 0.455. The van der Waals surface area contributed by atoms with Gasteiger partial charge in [-0.2, -0.15) is 0 Å². The van der Waals surface area contributed by atoms with Gasteiger partial charge in [-0.05, 0) is 30.5 Å². The number of hydrogen-bond donors (Lipinski definition) is 1. The Labute approximate surface area is 88.6 Å². The Morgan fingerprint density at radius 2 is 2.07 bits per heavy atom. The van der Waals surface area contributed by atoms with Gasteiger partial charge in [0.25, 0.3) is 0 Å². The second-order valence-corrected chi connectivity index (χ2v) is 3.79. The molecule has 1 aliphatic rings. The van der Waals surface area contributed by atoms with Gasteiger partial charge in [-0.15, -0.1) is 0 Å². The second kappa shape index (κ2) is 4.59. The van der Waals surface area contributed by atoms with Gasteiger partial charge >= 0.3 is 0 Å². The lowest BCUT2D eigenvalue weighted by atomic mass is 10.2. The van der Waals surface area contributed by atoms with Crippen LogP contribution in [0, 0.1) is 5.82 Å². The van der Waals surface area contributed by atoms with E-state index >= 15 is 0 Å². The summed E-state index contributed by atoms with van der Waals surface area (Å²) in [6, 6.07) is 5.14. The van der Waals surface area contributed by atoms with E-state index in [2.05, 4.69) is 9.74 Å². The molecule has 2 N–H and O–H groups in total. The molecule has 1 aromatic rings. The third-order valence-electron chi connectivity index (χ3n) is 2.71. The molecule has 1 heterocycles. The van der Waals surface area contributed by atoms with E-state index in [-0.39, 0.29) is 12.4 Å². The molecule has 0 radical (unpaired) electrons. The van der Waals surface area contributed by atoms with E-state index < -0.39 is 0 Å². The van der Waals surface area contributed by atoms with Crippen molar-refractivity contribution in [3.05, 3.63) is 29.6 Å². The number of rotatable bonds is 3. The summed E-state index contributed by atoms with van der Waals surface area (Å²) in [5, 5.41) is 0. The summed E-state index contributed by atoms with van der Waals surface area (Å²) < 4.78 is 13.7. The van der Waals surface area contributed by atoms with Crippen molar-refractivity contribution in [1.82, 2.24) is 0 Å². The Morgan fingerprint density at radius 1 is 1.33 bits per heavy atom. The van der Waals surface area contributed by atoms with Crippen LogP contribution < -0.4 is 10.8 Å². The SMILES string of the molecule is NOCc1ccc(N2CCCC2)c(F)c1. The van der Waals surface area contributed by atoms with Crippen LogP contribution in [0.2, 0.25) is 0 Å². The number of anilines is 1. The summed E-state index contributed by atoms with van der Waals surface area (Å²) in [4.78, 5) is 6.54. The van der Waals surface area contributed by atoms with Gasteiger partial charge in [0.05, 0.1) is 12.3 Å². The van der Waals surface area contributed by atoms with Crippen molar-refractivity contribution < 1.29 is 9.23 Å². The van der Waals surface area contributed by atoms with Crippen molar-refractivity contribution >= 4 is 5.69 Å². The minimum atomic E-state index is -0.188. The third-order valence-corrected chi connectivity index (χ3v) is 2.71. The van der Waals surface area contributed by atoms with Gasteiger partial charge in [0.2, 0.25) is 0 Å². The van der Waals surface area contributed by atoms with Gasteiger partial charge in [0.1, 0.15) is 5.82 Å². The maximum atomic E-state index is 13.7. The van der Waals surface area contributed by atoms with Crippen molar-refractivity contribution in [3.63, 3.8) is 0 Å². The Balaban J connectivity index is 2.18. The van der Waals surface area contributed by atoms with Gasteiger partial charge in [-0.3, -0.25) is 4.84 Å². The van der Waals surface area contributed by atoms with Crippen LogP contribution in [0.5, 0.6) is 0 Å². The van der Waals surface area contributed by atoms with E-state index in [9.17, 15) is 4.39 Å². The van der Waals surface area contributed by atoms with Crippen LogP contribution in [0.15, 0.2) is 18.2 Å². The first-order valence-electron chi connectivity index (χ1n) is 5.16. The first-order valence-corrected chi connectivity index (χ1v) is 5.16. The molecule has 1 fully saturated rings. The summed E-state index contributed by atoms with van der Waals surface area (Å²) in [5.41, 5.74) is 1.45. The van der Waals surface area contributed by atoms with Crippen LogP contribution >= 0.6 is 0 Å². The zero-order valence-electron chi connectivity index (χ0n) is 8.58. The monoisotopic (exact) mass is 210 g/mol. The molecule has 0 spiro atoms. The Hall–Kier alpha value is -1.13. The molecule has 0 unspecified atom stereocenters. The highest BCUT2D eigenvalue weighted by Crippen LogP contribution is 2.24. The van der Waals surface area contributed by atoms with Crippen LogP contribution in [0.1, 0.15) is 18.4 Å². The lowest BCUT2D eigenvalue weighted by molar-refractivity contribution is 0.124. The number of hydrogen-bond acceptors (Lipinski definition) is 3. The summed E-state index contributed by atoms with van der Waals surface area (Å²) >= 11 is 0. The largest absolute Gasteiger partial charge is 0.369 e. The average molecular weight is 210 g/mol. The highest BCUT2D eigenvalue weighted by atomic mass is 19.1. The summed E-state index contributed by atoms with van der Waals surface area (Å²) in [5.74, 6) is 4.75. The quantitative estimate of drug-likeness (QED) is 0.773. The van der Waals surface area contributed by atoms with Gasteiger partial charge in [0, 0.05) is 13.1 Å². The average Bonchev–Trinajstić information content (AvgIpc) is 2.71. The van der Waals surface area contributed by atoms with Gasteiger partial charge in [-0.1, -0.05) is 6.07 Å². The fourth-order valence-corrected chi connectivity index (χ4v) is 1.95. The van der Waals surface area contributed by atoms with Crippen molar-refractivity contribution in [1.29, 1.82) is 0 Å². The topological polar surface area (TPSA) is 38.5 Å². The van der Waals surface area contributed by atoms with Crippen LogP contribution in [0.25, 0.3) is 0 Å². The highest BCUT2D eigenvalue weighted by Gasteiger charge is 2.15. The molecule has 2 rings (SSSR count). The first kappa shape index (κ1) is 10.4. The molecule has 0 saturated carbocycles. The van der Waals surface area contributed by atoms with Crippen molar-refractivity contribution in [2.45, 2.75) is 19.4 Å². The van der Waals surface area contributed by atoms with Crippen LogP contribution in [-0.4, -0.2) is 13.1 Å². The van der Waals surface area contributed by atoms with Crippen molar-refractivity contribution in [2.24, 2.45) is 5.90 Å². The predicted molar refractivity (Wildman–Crippen MR) is 56.8 cm³/mol. The number of halogens is 1. The molecule has 82 valence electrons. The minimum Gasteiger partial charge on any atom is -0.369 e. The van der Waals surface area contributed by atoms with E-state index in [4.69, 9.17) is 5.90 Å². The predicted octanol–water partition coefficient (Wildman–Crippen LogP) is 1.82. The molecule has 4 heteroatoms. The molecule has 0 aromatic heterocycles. The standard InChI is InChI=1S/C11H15FN2O/c12-10-7-9(8-15-13)3-4-11(10)14-5-1-2-6-14/h3-4,7H,1-2,5-6,8,13H2. The lowest BCUT2D eigenvalue weighted by Gasteiger charge is -2.18. The smallest absolute Gasteiger partial charge is 0.146 e. The van der Waals surface area contributed by atoms with E-state index in [1.165, 1.54) is 6.07 Å². The van der Waals surface area contributed by atoms with Crippen LogP contribution in [0.4, 0.5) is 10.1 Å². The summed E-state index contributed by atoms with van der Waals surface area (Å²) in [6.45, 7) is 2.14. The molecule has 0 atom stereocenters. The summed E-state index contributed by atoms with van der Waals surface area (Å²) in [6.07, 6.45) is 2.29. The van der Waals surface area contributed by atoms with E-state index in [0.717, 1.165) is 31.5 Å². The molecule has 15 heavy (non-hydrogen) atoms.